The van der Waals surface area contributed by atoms with E-state index in [4.69, 9.17) is 5.73 Å². The van der Waals surface area contributed by atoms with E-state index in [1.54, 1.807) is 26.0 Å². The van der Waals surface area contributed by atoms with Crippen molar-refractivity contribution in [1.29, 1.82) is 0 Å². The third kappa shape index (κ3) is 12.4. The van der Waals surface area contributed by atoms with Crippen molar-refractivity contribution < 1.29 is 48.9 Å². The first-order valence-corrected chi connectivity index (χ1v) is 17.8. The maximum absolute atomic E-state index is 13.5. The van der Waals surface area contributed by atoms with Crippen LogP contribution in [0.15, 0.2) is 36.4 Å². The van der Waals surface area contributed by atoms with E-state index in [1.807, 2.05) is 20.8 Å². The molecule has 10 N–H and O–H groups in total. The van der Waals surface area contributed by atoms with E-state index in [0.29, 0.717) is 17.5 Å². The van der Waals surface area contributed by atoms with Gasteiger partial charge in [-0.15, -0.1) is 0 Å². The first-order valence-electron chi connectivity index (χ1n) is 17.8. The number of nitrogens with zero attached hydrogens (tertiary/aromatic N) is 1. The van der Waals surface area contributed by atoms with Crippen LogP contribution in [-0.2, 0) is 40.0 Å². The van der Waals surface area contributed by atoms with Crippen LogP contribution in [0.2, 0.25) is 0 Å². The Bertz CT molecular complexity index is 1810. The molecule has 0 radical (unpaired) electrons. The number of carbonyl (C=O) groups excluding carboxylic acids is 6. The molecule has 17 nitrogen and oxygen atoms in total. The van der Waals surface area contributed by atoms with E-state index >= 15 is 0 Å². The quantitative estimate of drug-likeness (QED) is 0.143. The molecule has 1 aliphatic rings. The smallest absolute Gasteiger partial charge is 0.326 e. The molecule has 0 saturated carbocycles. The number of phenols is 2. The first-order chi connectivity index (χ1) is 25.5. The van der Waals surface area contributed by atoms with E-state index in [0.717, 1.165) is 0 Å². The molecule has 0 fully saturated rings. The number of carboxylic acid groups (broad SMARTS) is 1. The van der Waals surface area contributed by atoms with Crippen molar-refractivity contribution in [1.82, 2.24) is 31.5 Å². The number of nitrogens with two attached hydrogens (primary N) is 1. The molecule has 3 rings (SSSR count). The highest BCUT2D eigenvalue weighted by Gasteiger charge is 2.36. The van der Waals surface area contributed by atoms with Gasteiger partial charge in [-0.05, 0) is 54.2 Å². The summed E-state index contributed by atoms with van der Waals surface area (Å²) in [7, 11) is 1.46. The molecule has 55 heavy (non-hydrogen) atoms. The minimum Gasteiger partial charge on any atom is -0.507 e. The summed E-state index contributed by atoms with van der Waals surface area (Å²) in [5, 5.41) is 44.2. The summed E-state index contributed by atoms with van der Waals surface area (Å²) in [5.74, 6) is -5.76. The summed E-state index contributed by atoms with van der Waals surface area (Å²) in [6.07, 6.45) is -0.131. The van der Waals surface area contributed by atoms with Gasteiger partial charge in [0.25, 0.3) is 0 Å². The number of fused-ring (bicyclic) bond motifs is 5. The molecule has 300 valence electrons. The lowest BCUT2D eigenvalue weighted by Crippen LogP contribution is -2.56. The van der Waals surface area contributed by atoms with Crippen LogP contribution < -0.4 is 32.3 Å². The van der Waals surface area contributed by atoms with Crippen molar-refractivity contribution in [3.8, 4) is 22.6 Å². The summed E-state index contributed by atoms with van der Waals surface area (Å²) in [6.45, 7) is 9.84. The number of carbonyl (C=O) groups is 7. The molecule has 4 bridgehead atoms. The van der Waals surface area contributed by atoms with E-state index in [-0.39, 0.29) is 47.6 Å². The van der Waals surface area contributed by atoms with E-state index in [2.05, 4.69) is 26.6 Å². The van der Waals surface area contributed by atoms with Crippen LogP contribution in [-0.4, -0.2) is 106 Å². The summed E-state index contributed by atoms with van der Waals surface area (Å²) >= 11 is 0. The number of aromatic hydroxyl groups is 2. The number of hydrogen-bond acceptors (Lipinski definition) is 10. The standard InChI is InChI=1S/C38H53N7O10/c1-20(42-34(52)25(15-30(39)48)44-36(55)38(5,6)19-37(2,3)4)33(51)41-18-32(50)45(7)27-16-40-17-31(49)43-26(35(53)54)13-21-8-10-28(46)23(12-21)24-14-22(27)9-11-29(24)47/h8-12,14,20,25-27,40,46-47H,13,15-19H2,1-7H3,(H2,39,48)(H,41,51)(H,42,52)(H,43,49)(H,44,55)(H,53,54). The predicted molar refractivity (Wildman–Crippen MR) is 201 cm³/mol. The van der Waals surface area contributed by atoms with Crippen molar-refractivity contribution in [2.75, 3.05) is 26.7 Å². The van der Waals surface area contributed by atoms with Crippen molar-refractivity contribution in [3.05, 3.63) is 47.5 Å². The van der Waals surface area contributed by atoms with Gasteiger partial charge in [0.15, 0.2) is 0 Å². The molecular weight excluding hydrogens is 714 g/mol. The molecule has 2 aromatic rings. The minimum absolute atomic E-state index is 0.0242. The molecule has 0 aliphatic carbocycles. The first kappa shape index (κ1) is 43.7. The predicted octanol–water partition coefficient (Wildman–Crippen LogP) is 0.423. The average molecular weight is 768 g/mol. The number of benzene rings is 2. The van der Waals surface area contributed by atoms with Crippen LogP contribution in [0.5, 0.6) is 11.5 Å². The molecule has 2 aromatic carbocycles. The molecule has 6 amide bonds. The van der Waals surface area contributed by atoms with Crippen LogP contribution in [0, 0.1) is 10.8 Å². The van der Waals surface area contributed by atoms with Gasteiger partial charge in [0.05, 0.1) is 25.6 Å². The number of likely N-dealkylation sites (N-methyl/N-ethyl adjacent to an activating group) is 1. The second-order valence-corrected chi connectivity index (χ2v) is 15.7. The summed E-state index contributed by atoms with van der Waals surface area (Å²) < 4.78 is 0. The van der Waals surface area contributed by atoms with Crippen LogP contribution in [0.4, 0.5) is 0 Å². The van der Waals surface area contributed by atoms with Crippen LogP contribution in [0.25, 0.3) is 11.1 Å². The number of rotatable bonds is 12. The Balaban J connectivity index is 1.77. The zero-order chi connectivity index (χ0) is 41.4. The molecule has 1 heterocycles. The fourth-order valence-electron chi connectivity index (χ4n) is 6.55. The minimum atomic E-state index is -1.36. The van der Waals surface area contributed by atoms with Crippen molar-refractivity contribution in [2.24, 2.45) is 16.6 Å². The number of carboxylic acids is 1. The second-order valence-electron chi connectivity index (χ2n) is 15.7. The lowest BCUT2D eigenvalue weighted by atomic mass is 9.75. The fourth-order valence-corrected chi connectivity index (χ4v) is 6.55. The van der Waals surface area contributed by atoms with Gasteiger partial charge in [-0.2, -0.15) is 0 Å². The van der Waals surface area contributed by atoms with E-state index < -0.39 is 84.0 Å². The number of nitrogens with one attached hydrogen (secondary N) is 5. The van der Waals surface area contributed by atoms with Crippen molar-refractivity contribution in [3.63, 3.8) is 0 Å². The Morgan fingerprint density at radius 1 is 0.945 bits per heavy atom. The van der Waals surface area contributed by atoms with Gasteiger partial charge in [-0.25, -0.2) is 4.79 Å². The molecule has 0 spiro atoms. The number of hydrogen-bond donors (Lipinski definition) is 9. The maximum Gasteiger partial charge on any atom is 0.326 e. The third-order valence-electron chi connectivity index (χ3n) is 9.09. The van der Waals surface area contributed by atoms with Gasteiger partial charge in [0, 0.05) is 36.6 Å². The third-order valence-corrected chi connectivity index (χ3v) is 9.09. The summed E-state index contributed by atoms with van der Waals surface area (Å²) in [6, 6.07) is 4.22. The molecule has 17 heteroatoms. The van der Waals surface area contributed by atoms with Crippen LogP contribution in [0.3, 0.4) is 0 Å². The lowest BCUT2D eigenvalue weighted by Gasteiger charge is -2.32. The molecule has 0 aromatic heterocycles. The maximum atomic E-state index is 13.5. The number of phenolic OH excluding ortho intramolecular Hbond substituents is 2. The van der Waals surface area contributed by atoms with Crippen molar-refractivity contribution in [2.45, 2.75) is 85.0 Å². The molecule has 0 saturated heterocycles. The zero-order valence-electron chi connectivity index (χ0n) is 32.2. The Morgan fingerprint density at radius 3 is 2.16 bits per heavy atom. The van der Waals surface area contributed by atoms with Gasteiger partial charge in [-0.3, -0.25) is 28.8 Å². The average Bonchev–Trinajstić information content (AvgIpc) is 3.07. The SMILES string of the molecule is CC(NC(=O)C(CC(N)=O)NC(=O)C(C)(C)CC(C)(C)C)C(=O)NCC(=O)N(C)C1CNCC(=O)NC(C(=O)O)Cc2ccc(O)c(c2)-c2cc1ccc2O. The van der Waals surface area contributed by atoms with Gasteiger partial charge in [-0.1, -0.05) is 46.8 Å². The largest absolute Gasteiger partial charge is 0.507 e. The van der Waals surface area contributed by atoms with Gasteiger partial charge >= 0.3 is 5.97 Å². The summed E-state index contributed by atoms with van der Waals surface area (Å²) in [5.41, 5.74) is 5.60. The number of amides is 6. The monoisotopic (exact) mass is 767 g/mol. The molecule has 1 aliphatic heterocycles. The van der Waals surface area contributed by atoms with Crippen LogP contribution in [0.1, 0.15) is 71.6 Å². The lowest BCUT2D eigenvalue weighted by molar-refractivity contribution is -0.141. The zero-order valence-corrected chi connectivity index (χ0v) is 32.2. The number of primary amides is 1. The number of aliphatic carboxylic acids is 1. The van der Waals surface area contributed by atoms with Crippen molar-refractivity contribution >= 4 is 41.4 Å². The van der Waals surface area contributed by atoms with Gasteiger partial charge < -0.3 is 52.5 Å². The fraction of sp³-hybridized carbons (Fsp3) is 0.500. The normalized spacial score (nSPS) is 17.3. The van der Waals surface area contributed by atoms with E-state index in [1.165, 1.54) is 43.1 Å². The Hall–Kier alpha value is -5.71. The Labute approximate surface area is 319 Å². The van der Waals surface area contributed by atoms with Crippen LogP contribution >= 0.6 is 0 Å². The Morgan fingerprint density at radius 2 is 1.56 bits per heavy atom. The molecular formula is C38H53N7O10. The molecule has 4 unspecified atom stereocenters. The summed E-state index contributed by atoms with van der Waals surface area (Å²) in [4.78, 5) is 90.6. The highest BCUT2D eigenvalue weighted by molar-refractivity contribution is 5.96. The Kier molecular flexibility index (Phi) is 14.4. The van der Waals surface area contributed by atoms with Gasteiger partial charge in [0.1, 0.15) is 29.6 Å². The molecule has 4 atom stereocenters. The highest BCUT2D eigenvalue weighted by atomic mass is 16.4. The van der Waals surface area contributed by atoms with Gasteiger partial charge in [0.2, 0.25) is 35.4 Å². The van der Waals surface area contributed by atoms with E-state index in [9.17, 15) is 48.9 Å². The highest BCUT2D eigenvalue weighted by Crippen LogP contribution is 2.38. The second kappa shape index (κ2) is 18.1. The topological polar surface area (TPSA) is 270 Å².